The number of para-hydroxylation sites is 1. The molecule has 3 N–H and O–H groups in total. The van der Waals surface area contributed by atoms with Gasteiger partial charge >= 0.3 is 0 Å². The number of carbonyl (C=O) groups excluding carboxylic acids is 1. The molecule has 20 heavy (non-hydrogen) atoms. The first-order valence-electron chi connectivity index (χ1n) is 6.60. The summed E-state index contributed by atoms with van der Waals surface area (Å²) in [6, 6.07) is 9.69. The largest absolute Gasteiger partial charge is 0.397 e. The zero-order valence-corrected chi connectivity index (χ0v) is 11.6. The second kappa shape index (κ2) is 4.56. The average molecular weight is 267 g/mol. The fourth-order valence-corrected chi connectivity index (χ4v) is 2.67. The van der Waals surface area contributed by atoms with Crippen LogP contribution in [0.25, 0.3) is 10.9 Å². The van der Waals surface area contributed by atoms with Gasteiger partial charge in [0.25, 0.3) is 0 Å². The first-order valence-corrected chi connectivity index (χ1v) is 6.60. The van der Waals surface area contributed by atoms with Crippen LogP contribution in [0.4, 0.5) is 5.69 Å². The SMILES string of the molecule is Cc1cc(CC(=O)n2c(C)cc3cccc(N)c32)c[nH]1. The number of carbonyl (C=O) groups is 1. The molecule has 0 amide bonds. The van der Waals surface area contributed by atoms with E-state index in [1.807, 2.05) is 50.4 Å². The molecular formula is C16H17N3O. The maximum Gasteiger partial charge on any atom is 0.235 e. The highest BCUT2D eigenvalue weighted by Gasteiger charge is 2.15. The Hall–Kier alpha value is -2.49. The van der Waals surface area contributed by atoms with Gasteiger partial charge < -0.3 is 10.7 Å². The van der Waals surface area contributed by atoms with Gasteiger partial charge in [-0.15, -0.1) is 0 Å². The molecule has 0 aliphatic rings. The molecule has 0 saturated heterocycles. The predicted octanol–water partition coefficient (Wildman–Crippen LogP) is 3.05. The van der Waals surface area contributed by atoms with Crippen LogP contribution >= 0.6 is 0 Å². The highest BCUT2D eigenvalue weighted by molar-refractivity contribution is 6.00. The number of anilines is 1. The van der Waals surface area contributed by atoms with E-state index in [0.717, 1.165) is 27.9 Å². The van der Waals surface area contributed by atoms with Gasteiger partial charge in [0.2, 0.25) is 5.91 Å². The van der Waals surface area contributed by atoms with E-state index in [1.165, 1.54) is 0 Å². The van der Waals surface area contributed by atoms with Gasteiger partial charge in [0, 0.05) is 23.0 Å². The van der Waals surface area contributed by atoms with Crippen LogP contribution in [0, 0.1) is 13.8 Å². The van der Waals surface area contributed by atoms with Crippen LogP contribution in [-0.2, 0) is 6.42 Å². The first-order chi connectivity index (χ1) is 9.56. The quantitative estimate of drug-likeness (QED) is 0.701. The molecule has 4 heteroatoms. The molecular weight excluding hydrogens is 250 g/mol. The minimum Gasteiger partial charge on any atom is -0.397 e. The van der Waals surface area contributed by atoms with Crippen molar-refractivity contribution in [3.05, 3.63) is 53.5 Å². The van der Waals surface area contributed by atoms with Gasteiger partial charge in [-0.1, -0.05) is 12.1 Å². The van der Waals surface area contributed by atoms with Crippen molar-refractivity contribution >= 4 is 22.5 Å². The fraction of sp³-hybridized carbons (Fsp3) is 0.188. The summed E-state index contributed by atoms with van der Waals surface area (Å²) in [4.78, 5) is 15.7. The summed E-state index contributed by atoms with van der Waals surface area (Å²) >= 11 is 0. The van der Waals surface area contributed by atoms with Crippen LogP contribution in [-0.4, -0.2) is 15.5 Å². The molecule has 102 valence electrons. The van der Waals surface area contributed by atoms with E-state index in [1.54, 1.807) is 4.57 Å². The van der Waals surface area contributed by atoms with E-state index in [9.17, 15) is 4.79 Å². The number of nitrogens with one attached hydrogen (secondary N) is 1. The van der Waals surface area contributed by atoms with Gasteiger partial charge in [-0.2, -0.15) is 0 Å². The van der Waals surface area contributed by atoms with Crippen molar-refractivity contribution in [3.63, 3.8) is 0 Å². The lowest BCUT2D eigenvalue weighted by Crippen LogP contribution is -2.15. The molecule has 0 unspecified atom stereocenters. The van der Waals surface area contributed by atoms with E-state index in [4.69, 9.17) is 5.73 Å². The monoisotopic (exact) mass is 267 g/mol. The van der Waals surface area contributed by atoms with E-state index in [-0.39, 0.29) is 5.91 Å². The predicted molar refractivity (Wildman–Crippen MR) is 80.9 cm³/mol. The standard InChI is InChI=1S/C16H17N3O/c1-10-6-12(9-18-10)8-15(20)19-11(2)7-13-4-3-5-14(17)16(13)19/h3-7,9,18H,8,17H2,1-2H3. The fourth-order valence-electron chi connectivity index (χ4n) is 2.67. The van der Waals surface area contributed by atoms with Gasteiger partial charge in [-0.05, 0) is 37.6 Å². The van der Waals surface area contributed by atoms with Crippen molar-refractivity contribution < 1.29 is 4.79 Å². The summed E-state index contributed by atoms with van der Waals surface area (Å²) in [5.41, 5.74) is 10.4. The molecule has 2 heterocycles. The molecule has 0 radical (unpaired) electrons. The topological polar surface area (TPSA) is 63.8 Å². The summed E-state index contributed by atoms with van der Waals surface area (Å²) in [7, 11) is 0. The number of aryl methyl sites for hydroxylation is 2. The van der Waals surface area contributed by atoms with Crippen molar-refractivity contribution in [1.82, 2.24) is 9.55 Å². The van der Waals surface area contributed by atoms with Gasteiger partial charge in [-0.25, -0.2) is 0 Å². The normalized spacial score (nSPS) is 11.1. The van der Waals surface area contributed by atoms with Crippen LogP contribution in [0.3, 0.4) is 0 Å². The second-order valence-corrected chi connectivity index (χ2v) is 5.17. The molecule has 0 atom stereocenters. The maximum atomic E-state index is 12.6. The van der Waals surface area contributed by atoms with Crippen LogP contribution in [0.15, 0.2) is 36.5 Å². The van der Waals surface area contributed by atoms with Crippen LogP contribution in [0.2, 0.25) is 0 Å². The van der Waals surface area contributed by atoms with Crippen molar-refractivity contribution in [2.24, 2.45) is 0 Å². The van der Waals surface area contributed by atoms with Crippen LogP contribution in [0.1, 0.15) is 21.7 Å². The van der Waals surface area contributed by atoms with Crippen LogP contribution in [0.5, 0.6) is 0 Å². The number of H-pyrrole nitrogens is 1. The third-order valence-electron chi connectivity index (χ3n) is 3.53. The van der Waals surface area contributed by atoms with Crippen molar-refractivity contribution in [2.45, 2.75) is 20.3 Å². The molecule has 4 nitrogen and oxygen atoms in total. The lowest BCUT2D eigenvalue weighted by molar-refractivity contribution is 0.0917. The van der Waals surface area contributed by atoms with Gasteiger partial charge in [0.15, 0.2) is 0 Å². The molecule has 3 rings (SSSR count). The Bertz CT molecular complexity index is 795. The first kappa shape index (κ1) is 12.5. The third kappa shape index (κ3) is 1.99. The smallest absolute Gasteiger partial charge is 0.235 e. The minimum atomic E-state index is 0.0365. The van der Waals surface area contributed by atoms with Gasteiger partial charge in [-0.3, -0.25) is 9.36 Å². The number of hydrogen-bond donors (Lipinski definition) is 2. The molecule has 0 aliphatic heterocycles. The number of hydrogen-bond acceptors (Lipinski definition) is 2. The zero-order chi connectivity index (χ0) is 14.3. The Morgan fingerprint density at radius 3 is 2.80 bits per heavy atom. The summed E-state index contributed by atoms with van der Waals surface area (Å²) in [5, 5.41) is 1.00. The number of benzene rings is 1. The highest BCUT2D eigenvalue weighted by Crippen LogP contribution is 2.25. The second-order valence-electron chi connectivity index (χ2n) is 5.17. The Morgan fingerprint density at radius 1 is 1.30 bits per heavy atom. The minimum absolute atomic E-state index is 0.0365. The number of nitrogens with zero attached hydrogens (tertiary/aromatic N) is 1. The number of nitrogen functional groups attached to an aromatic ring is 1. The van der Waals surface area contributed by atoms with Crippen molar-refractivity contribution in [3.8, 4) is 0 Å². The van der Waals surface area contributed by atoms with Gasteiger partial charge in [0.1, 0.15) is 0 Å². The Kier molecular flexibility index (Phi) is 2.86. The summed E-state index contributed by atoms with van der Waals surface area (Å²) in [5.74, 6) is 0.0365. The van der Waals surface area contributed by atoms with E-state index >= 15 is 0 Å². The molecule has 0 fully saturated rings. The maximum absolute atomic E-state index is 12.6. The third-order valence-corrected chi connectivity index (χ3v) is 3.53. The Morgan fingerprint density at radius 2 is 2.10 bits per heavy atom. The van der Waals surface area contributed by atoms with Crippen LogP contribution < -0.4 is 5.73 Å². The van der Waals surface area contributed by atoms with E-state index < -0.39 is 0 Å². The number of nitrogens with two attached hydrogens (primary N) is 1. The lowest BCUT2D eigenvalue weighted by Gasteiger charge is -2.07. The summed E-state index contributed by atoms with van der Waals surface area (Å²) in [6.07, 6.45) is 2.24. The molecule has 0 aliphatic carbocycles. The Labute approximate surface area is 117 Å². The number of aromatic nitrogens is 2. The molecule has 0 saturated carbocycles. The number of fused-ring (bicyclic) bond motifs is 1. The number of aromatic amines is 1. The Balaban J connectivity index is 2.05. The van der Waals surface area contributed by atoms with E-state index in [0.29, 0.717) is 12.1 Å². The van der Waals surface area contributed by atoms with Crippen molar-refractivity contribution in [2.75, 3.05) is 5.73 Å². The number of rotatable bonds is 2. The summed E-state index contributed by atoms with van der Waals surface area (Å²) < 4.78 is 1.72. The molecule has 1 aromatic carbocycles. The van der Waals surface area contributed by atoms with E-state index in [2.05, 4.69) is 4.98 Å². The molecule has 3 aromatic rings. The molecule has 0 spiro atoms. The molecule has 0 bridgehead atoms. The summed E-state index contributed by atoms with van der Waals surface area (Å²) in [6.45, 7) is 3.90. The molecule has 2 aromatic heterocycles. The average Bonchev–Trinajstić information content (AvgIpc) is 2.93. The van der Waals surface area contributed by atoms with Gasteiger partial charge in [0.05, 0.1) is 17.6 Å². The van der Waals surface area contributed by atoms with Crippen molar-refractivity contribution in [1.29, 1.82) is 0 Å². The lowest BCUT2D eigenvalue weighted by atomic mass is 10.2. The highest BCUT2D eigenvalue weighted by atomic mass is 16.2. The zero-order valence-electron chi connectivity index (χ0n) is 11.6.